The van der Waals surface area contributed by atoms with Gasteiger partial charge >= 0.3 is 0 Å². The monoisotopic (exact) mass is 363 g/mol. The van der Waals surface area contributed by atoms with Crippen molar-refractivity contribution >= 4 is 11.6 Å². The second kappa shape index (κ2) is 6.99. The maximum Gasteiger partial charge on any atom is 0.259 e. The van der Waals surface area contributed by atoms with Crippen LogP contribution in [-0.4, -0.2) is 15.7 Å². The van der Waals surface area contributed by atoms with Crippen LogP contribution in [0.3, 0.4) is 0 Å². The van der Waals surface area contributed by atoms with Gasteiger partial charge in [0.2, 0.25) is 0 Å². The SMILES string of the molecule is Cn1cc(C(=O)Nc2cc(F)ccc2-c2cc(F)ccc2F)c(CF)n1. The number of carbonyl (C=O) groups is 1. The van der Waals surface area contributed by atoms with Crippen LogP contribution in [0, 0.1) is 17.5 Å². The van der Waals surface area contributed by atoms with Crippen molar-refractivity contribution in [2.24, 2.45) is 7.05 Å². The van der Waals surface area contributed by atoms with Gasteiger partial charge in [-0.05, 0) is 36.4 Å². The van der Waals surface area contributed by atoms with E-state index in [9.17, 15) is 22.4 Å². The van der Waals surface area contributed by atoms with Crippen LogP contribution in [0.15, 0.2) is 42.6 Å². The summed E-state index contributed by atoms with van der Waals surface area (Å²) in [5.74, 6) is -2.85. The molecule has 2 aromatic carbocycles. The lowest BCUT2D eigenvalue weighted by Crippen LogP contribution is -2.14. The Hall–Kier alpha value is -3.16. The number of nitrogens with one attached hydrogen (secondary N) is 1. The molecular weight excluding hydrogens is 350 g/mol. The van der Waals surface area contributed by atoms with E-state index in [1.807, 2.05) is 0 Å². The molecule has 0 bridgehead atoms. The van der Waals surface area contributed by atoms with E-state index >= 15 is 0 Å². The van der Waals surface area contributed by atoms with Crippen molar-refractivity contribution < 1.29 is 22.4 Å². The third kappa shape index (κ3) is 3.44. The van der Waals surface area contributed by atoms with Gasteiger partial charge in [-0.25, -0.2) is 17.6 Å². The lowest BCUT2D eigenvalue weighted by Gasteiger charge is -2.12. The van der Waals surface area contributed by atoms with Crippen LogP contribution in [0.1, 0.15) is 16.1 Å². The second-order valence-corrected chi connectivity index (χ2v) is 5.56. The summed E-state index contributed by atoms with van der Waals surface area (Å²) < 4.78 is 55.5. The Morgan fingerprint density at radius 2 is 1.77 bits per heavy atom. The molecule has 0 aliphatic heterocycles. The topological polar surface area (TPSA) is 46.9 Å². The van der Waals surface area contributed by atoms with Gasteiger partial charge in [-0.1, -0.05) is 0 Å². The predicted octanol–water partition coefficient (Wildman–Crippen LogP) is 4.23. The molecule has 1 heterocycles. The minimum Gasteiger partial charge on any atom is -0.321 e. The van der Waals surface area contributed by atoms with Crippen LogP contribution in [0.25, 0.3) is 11.1 Å². The number of nitrogens with zero attached hydrogens (tertiary/aromatic N) is 2. The van der Waals surface area contributed by atoms with Crippen LogP contribution < -0.4 is 5.32 Å². The third-order valence-corrected chi connectivity index (χ3v) is 3.72. The molecule has 134 valence electrons. The van der Waals surface area contributed by atoms with E-state index in [1.165, 1.54) is 24.0 Å². The quantitative estimate of drug-likeness (QED) is 0.706. The van der Waals surface area contributed by atoms with Gasteiger partial charge in [0.15, 0.2) is 0 Å². The standard InChI is InChI=1S/C18H13F4N3O/c1-25-9-14(17(8-19)24-25)18(26)23-16-7-11(21)2-4-12(16)13-6-10(20)3-5-15(13)22/h2-7,9H,8H2,1H3,(H,23,26). The predicted molar refractivity (Wildman–Crippen MR) is 87.7 cm³/mol. The number of aromatic nitrogens is 2. The number of anilines is 1. The summed E-state index contributed by atoms with van der Waals surface area (Å²) in [4.78, 5) is 12.4. The first-order valence-electron chi connectivity index (χ1n) is 7.54. The summed E-state index contributed by atoms with van der Waals surface area (Å²) in [6, 6.07) is 6.08. The zero-order valence-corrected chi connectivity index (χ0v) is 13.6. The Balaban J connectivity index is 2.04. The van der Waals surface area contributed by atoms with Crippen molar-refractivity contribution in [1.82, 2.24) is 9.78 Å². The fraction of sp³-hybridized carbons (Fsp3) is 0.111. The maximum absolute atomic E-state index is 14.1. The van der Waals surface area contributed by atoms with Crippen molar-refractivity contribution in [1.29, 1.82) is 0 Å². The zero-order chi connectivity index (χ0) is 18.8. The Morgan fingerprint density at radius 1 is 1.08 bits per heavy atom. The van der Waals surface area contributed by atoms with Crippen molar-refractivity contribution in [3.63, 3.8) is 0 Å². The fourth-order valence-corrected chi connectivity index (χ4v) is 2.57. The van der Waals surface area contributed by atoms with Crippen LogP contribution in [0.4, 0.5) is 23.2 Å². The largest absolute Gasteiger partial charge is 0.321 e. The van der Waals surface area contributed by atoms with Crippen LogP contribution in [0.2, 0.25) is 0 Å². The Bertz CT molecular complexity index is 985. The number of aryl methyl sites for hydroxylation is 1. The number of carbonyl (C=O) groups excluding carboxylic acids is 1. The minimum atomic E-state index is -0.960. The molecule has 0 spiro atoms. The molecule has 0 aliphatic rings. The van der Waals surface area contributed by atoms with Crippen molar-refractivity contribution in [3.05, 3.63) is 71.3 Å². The molecule has 1 N–H and O–H groups in total. The molecule has 1 aromatic heterocycles. The van der Waals surface area contributed by atoms with Gasteiger partial charge in [0, 0.05) is 24.4 Å². The van der Waals surface area contributed by atoms with Gasteiger partial charge in [0.1, 0.15) is 29.8 Å². The average molecular weight is 363 g/mol. The average Bonchev–Trinajstić information content (AvgIpc) is 2.98. The van der Waals surface area contributed by atoms with E-state index in [0.29, 0.717) is 0 Å². The van der Waals surface area contributed by atoms with Crippen molar-refractivity contribution in [2.45, 2.75) is 6.67 Å². The van der Waals surface area contributed by atoms with E-state index in [0.717, 1.165) is 30.3 Å². The number of alkyl halides is 1. The summed E-state index contributed by atoms with van der Waals surface area (Å²) >= 11 is 0. The van der Waals surface area contributed by atoms with Gasteiger partial charge in [-0.3, -0.25) is 9.48 Å². The van der Waals surface area contributed by atoms with Gasteiger partial charge in [-0.2, -0.15) is 5.10 Å². The maximum atomic E-state index is 14.1. The van der Waals surface area contributed by atoms with E-state index in [4.69, 9.17) is 0 Å². The number of rotatable bonds is 4. The summed E-state index contributed by atoms with van der Waals surface area (Å²) in [7, 11) is 1.52. The van der Waals surface area contributed by atoms with Gasteiger partial charge in [0.25, 0.3) is 5.91 Å². The third-order valence-electron chi connectivity index (χ3n) is 3.72. The lowest BCUT2D eigenvalue weighted by atomic mass is 10.0. The fourth-order valence-electron chi connectivity index (χ4n) is 2.57. The highest BCUT2D eigenvalue weighted by atomic mass is 19.1. The molecule has 4 nitrogen and oxygen atoms in total. The number of halogens is 4. The molecule has 8 heteroatoms. The number of hydrogen-bond donors (Lipinski definition) is 1. The Kier molecular flexibility index (Phi) is 4.75. The molecule has 0 aliphatic carbocycles. The van der Waals surface area contributed by atoms with Gasteiger partial charge < -0.3 is 5.32 Å². The summed E-state index contributed by atoms with van der Waals surface area (Å²) in [6.07, 6.45) is 1.31. The molecule has 0 saturated carbocycles. The highest BCUT2D eigenvalue weighted by molar-refractivity contribution is 6.06. The first-order chi connectivity index (χ1) is 12.4. The molecule has 3 aromatic rings. The molecular formula is C18H13F4N3O. The normalized spacial score (nSPS) is 10.8. The molecule has 0 atom stereocenters. The molecule has 0 unspecified atom stereocenters. The van der Waals surface area contributed by atoms with Crippen LogP contribution in [-0.2, 0) is 13.7 Å². The number of hydrogen-bond acceptors (Lipinski definition) is 2. The molecule has 26 heavy (non-hydrogen) atoms. The minimum absolute atomic E-state index is 0.0371. The summed E-state index contributed by atoms with van der Waals surface area (Å²) in [5, 5.41) is 6.23. The molecule has 1 amide bonds. The van der Waals surface area contributed by atoms with Crippen molar-refractivity contribution in [3.8, 4) is 11.1 Å². The van der Waals surface area contributed by atoms with Crippen LogP contribution >= 0.6 is 0 Å². The highest BCUT2D eigenvalue weighted by Crippen LogP contribution is 2.32. The summed E-state index contributed by atoms with van der Waals surface area (Å²) in [6.45, 7) is -0.960. The van der Waals surface area contributed by atoms with E-state index in [2.05, 4.69) is 10.4 Å². The molecule has 3 rings (SSSR count). The molecule has 0 saturated heterocycles. The number of benzene rings is 2. The molecule has 0 radical (unpaired) electrons. The molecule has 0 fully saturated rings. The van der Waals surface area contributed by atoms with E-state index < -0.39 is 30.0 Å². The second-order valence-electron chi connectivity index (χ2n) is 5.56. The lowest BCUT2D eigenvalue weighted by molar-refractivity contribution is 0.102. The first kappa shape index (κ1) is 17.7. The Labute approximate surface area is 146 Å². The summed E-state index contributed by atoms with van der Waals surface area (Å²) in [5.41, 5.74) is -0.252. The van der Waals surface area contributed by atoms with E-state index in [-0.39, 0.29) is 28.1 Å². The number of amides is 1. The Morgan fingerprint density at radius 3 is 2.50 bits per heavy atom. The van der Waals surface area contributed by atoms with E-state index in [1.54, 1.807) is 0 Å². The smallest absolute Gasteiger partial charge is 0.259 e. The first-order valence-corrected chi connectivity index (χ1v) is 7.54. The zero-order valence-electron chi connectivity index (χ0n) is 13.6. The van der Waals surface area contributed by atoms with Gasteiger partial charge in [-0.15, -0.1) is 0 Å². The highest BCUT2D eigenvalue weighted by Gasteiger charge is 2.19. The van der Waals surface area contributed by atoms with Crippen molar-refractivity contribution in [2.75, 3.05) is 5.32 Å². The van der Waals surface area contributed by atoms with Gasteiger partial charge in [0.05, 0.1) is 11.3 Å². The van der Waals surface area contributed by atoms with Crippen LogP contribution in [0.5, 0.6) is 0 Å².